The fourth-order valence-electron chi connectivity index (χ4n) is 2.94. The van der Waals surface area contributed by atoms with E-state index in [-0.39, 0.29) is 5.91 Å². The minimum atomic E-state index is -0.175. The van der Waals surface area contributed by atoms with Gasteiger partial charge in [-0.15, -0.1) is 0 Å². The first-order valence-electron chi connectivity index (χ1n) is 8.04. The monoisotopic (exact) mass is 369 g/mol. The van der Waals surface area contributed by atoms with Crippen molar-refractivity contribution in [1.29, 1.82) is 0 Å². The van der Waals surface area contributed by atoms with Crippen LogP contribution in [0.2, 0.25) is 5.02 Å². The standard InChI is InChI=1S/C19H16ClN3OS/c20-15-9-5-4-8-14(15)18(24)21-12-16-17(13-6-2-1-3-7-13)22-19-23(16)10-11-25-19/h1-9H,10-12H2,(H,21,24). The number of hydrogen-bond donors (Lipinski definition) is 1. The first kappa shape index (κ1) is 16.2. The smallest absolute Gasteiger partial charge is 0.253 e. The molecule has 0 unspecified atom stereocenters. The van der Waals surface area contributed by atoms with Gasteiger partial charge in [-0.25, -0.2) is 4.98 Å². The predicted octanol–water partition coefficient (Wildman–Crippen LogP) is 4.24. The molecule has 2 heterocycles. The zero-order valence-electron chi connectivity index (χ0n) is 13.4. The molecule has 1 amide bonds. The van der Waals surface area contributed by atoms with E-state index in [4.69, 9.17) is 16.6 Å². The van der Waals surface area contributed by atoms with Crippen molar-refractivity contribution in [3.63, 3.8) is 0 Å². The number of thioether (sulfide) groups is 1. The summed E-state index contributed by atoms with van der Waals surface area (Å²) in [5, 5.41) is 4.46. The van der Waals surface area contributed by atoms with Crippen LogP contribution in [0.1, 0.15) is 16.1 Å². The third-order valence-electron chi connectivity index (χ3n) is 4.17. The van der Waals surface area contributed by atoms with Crippen molar-refractivity contribution in [1.82, 2.24) is 14.9 Å². The molecule has 1 aliphatic rings. The summed E-state index contributed by atoms with van der Waals surface area (Å²) in [6, 6.07) is 17.1. The molecule has 0 saturated heterocycles. The Morgan fingerprint density at radius 1 is 1.16 bits per heavy atom. The molecule has 4 nitrogen and oxygen atoms in total. The average molecular weight is 370 g/mol. The number of imidazole rings is 1. The quantitative estimate of drug-likeness (QED) is 0.748. The second-order valence-corrected chi connectivity index (χ2v) is 7.19. The zero-order chi connectivity index (χ0) is 17.2. The van der Waals surface area contributed by atoms with Crippen molar-refractivity contribution in [3.05, 3.63) is 70.9 Å². The molecule has 0 saturated carbocycles. The van der Waals surface area contributed by atoms with Gasteiger partial charge < -0.3 is 9.88 Å². The van der Waals surface area contributed by atoms with Crippen molar-refractivity contribution >= 4 is 29.3 Å². The third-order valence-corrected chi connectivity index (χ3v) is 5.45. The lowest BCUT2D eigenvalue weighted by molar-refractivity contribution is 0.0950. The third kappa shape index (κ3) is 3.17. The first-order chi connectivity index (χ1) is 12.2. The highest BCUT2D eigenvalue weighted by Gasteiger charge is 2.23. The Kier molecular flexibility index (Phi) is 4.51. The lowest BCUT2D eigenvalue weighted by Gasteiger charge is -2.10. The number of fused-ring (bicyclic) bond motifs is 1. The molecule has 1 N–H and O–H groups in total. The molecule has 6 heteroatoms. The van der Waals surface area contributed by atoms with Crippen LogP contribution in [-0.2, 0) is 13.1 Å². The molecule has 0 aliphatic carbocycles. The maximum atomic E-state index is 12.5. The van der Waals surface area contributed by atoms with Gasteiger partial charge in [0.25, 0.3) is 5.91 Å². The minimum absolute atomic E-state index is 0.175. The summed E-state index contributed by atoms with van der Waals surface area (Å²) in [5.41, 5.74) is 3.52. The molecular formula is C19H16ClN3OS. The molecule has 1 aliphatic heterocycles. The predicted molar refractivity (Wildman–Crippen MR) is 101 cm³/mol. The second kappa shape index (κ2) is 6.94. The van der Waals surface area contributed by atoms with Crippen molar-refractivity contribution < 1.29 is 4.79 Å². The lowest BCUT2D eigenvalue weighted by Crippen LogP contribution is -2.24. The maximum absolute atomic E-state index is 12.5. The number of hydrogen-bond acceptors (Lipinski definition) is 3. The highest BCUT2D eigenvalue weighted by Crippen LogP contribution is 2.33. The van der Waals surface area contributed by atoms with Gasteiger partial charge >= 0.3 is 0 Å². The number of amides is 1. The number of nitrogens with one attached hydrogen (secondary N) is 1. The normalized spacial score (nSPS) is 12.8. The number of rotatable bonds is 4. The van der Waals surface area contributed by atoms with Gasteiger partial charge in [-0.1, -0.05) is 65.8 Å². The highest BCUT2D eigenvalue weighted by atomic mass is 35.5. The highest BCUT2D eigenvalue weighted by molar-refractivity contribution is 7.99. The van der Waals surface area contributed by atoms with Crippen LogP contribution in [0.5, 0.6) is 0 Å². The number of aromatic nitrogens is 2. The van der Waals surface area contributed by atoms with Gasteiger partial charge in [0.15, 0.2) is 5.16 Å². The van der Waals surface area contributed by atoms with Gasteiger partial charge in [0, 0.05) is 17.9 Å². The van der Waals surface area contributed by atoms with Crippen LogP contribution in [0, 0.1) is 0 Å². The number of halogens is 1. The van der Waals surface area contributed by atoms with E-state index in [1.54, 1.807) is 23.9 Å². The average Bonchev–Trinajstić information content (AvgIpc) is 3.22. The Morgan fingerprint density at radius 3 is 2.72 bits per heavy atom. The Bertz CT molecular complexity index is 924. The molecule has 2 aromatic carbocycles. The maximum Gasteiger partial charge on any atom is 0.253 e. The number of carbonyl (C=O) groups is 1. The Labute approximate surface area is 155 Å². The first-order valence-corrected chi connectivity index (χ1v) is 9.41. The topological polar surface area (TPSA) is 46.9 Å². The Balaban J connectivity index is 1.62. The summed E-state index contributed by atoms with van der Waals surface area (Å²) in [6.07, 6.45) is 0. The molecular weight excluding hydrogens is 354 g/mol. The molecule has 3 aromatic rings. The van der Waals surface area contributed by atoms with Crippen LogP contribution in [0.3, 0.4) is 0 Å². The van der Waals surface area contributed by atoms with Crippen molar-refractivity contribution in [2.75, 3.05) is 5.75 Å². The molecule has 0 bridgehead atoms. The largest absolute Gasteiger partial charge is 0.346 e. The van der Waals surface area contributed by atoms with Crippen LogP contribution >= 0.6 is 23.4 Å². The molecule has 1 aromatic heterocycles. The van der Waals surface area contributed by atoms with Gasteiger partial charge in [0.05, 0.1) is 28.5 Å². The van der Waals surface area contributed by atoms with Crippen molar-refractivity contribution in [2.24, 2.45) is 0 Å². The molecule has 4 rings (SSSR count). The van der Waals surface area contributed by atoms with Crippen LogP contribution in [0.25, 0.3) is 11.3 Å². The van der Waals surface area contributed by atoms with E-state index in [9.17, 15) is 4.79 Å². The van der Waals surface area contributed by atoms with Crippen LogP contribution in [0.15, 0.2) is 59.8 Å². The van der Waals surface area contributed by atoms with Gasteiger partial charge in [0.1, 0.15) is 0 Å². The van der Waals surface area contributed by atoms with Crippen molar-refractivity contribution in [3.8, 4) is 11.3 Å². The van der Waals surface area contributed by atoms with Gasteiger partial charge in [-0.3, -0.25) is 4.79 Å². The Morgan fingerprint density at radius 2 is 1.92 bits per heavy atom. The molecule has 25 heavy (non-hydrogen) atoms. The summed E-state index contributed by atoms with van der Waals surface area (Å²) < 4.78 is 2.19. The molecule has 0 spiro atoms. The second-order valence-electron chi connectivity index (χ2n) is 5.72. The molecule has 0 fully saturated rings. The van der Waals surface area contributed by atoms with Gasteiger partial charge in [-0.2, -0.15) is 0 Å². The fourth-order valence-corrected chi connectivity index (χ4v) is 4.13. The van der Waals surface area contributed by atoms with E-state index in [0.29, 0.717) is 17.1 Å². The van der Waals surface area contributed by atoms with E-state index in [1.807, 2.05) is 42.5 Å². The molecule has 126 valence electrons. The minimum Gasteiger partial charge on any atom is -0.346 e. The zero-order valence-corrected chi connectivity index (χ0v) is 15.0. The van der Waals surface area contributed by atoms with Crippen LogP contribution in [0.4, 0.5) is 0 Å². The van der Waals surface area contributed by atoms with Gasteiger partial charge in [-0.05, 0) is 12.1 Å². The summed E-state index contributed by atoms with van der Waals surface area (Å²) in [6.45, 7) is 1.33. The summed E-state index contributed by atoms with van der Waals surface area (Å²) in [4.78, 5) is 17.3. The number of carbonyl (C=O) groups excluding carboxylic acids is 1. The Hall–Kier alpha value is -2.24. The summed E-state index contributed by atoms with van der Waals surface area (Å²) in [5.74, 6) is 0.842. The van der Waals surface area contributed by atoms with E-state index < -0.39 is 0 Å². The van der Waals surface area contributed by atoms with Crippen LogP contribution < -0.4 is 5.32 Å². The van der Waals surface area contributed by atoms with Crippen molar-refractivity contribution in [2.45, 2.75) is 18.2 Å². The molecule has 0 radical (unpaired) electrons. The number of benzene rings is 2. The SMILES string of the molecule is O=C(NCc1c(-c2ccccc2)nc2n1CCS2)c1ccccc1Cl. The van der Waals surface area contributed by atoms with E-state index in [1.165, 1.54) is 0 Å². The van der Waals surface area contributed by atoms with E-state index >= 15 is 0 Å². The van der Waals surface area contributed by atoms with Crippen LogP contribution in [-0.4, -0.2) is 21.2 Å². The van der Waals surface area contributed by atoms with Gasteiger partial charge in [0.2, 0.25) is 0 Å². The summed E-state index contributed by atoms with van der Waals surface area (Å²) >= 11 is 7.87. The fraction of sp³-hybridized carbons (Fsp3) is 0.158. The number of nitrogens with zero attached hydrogens (tertiary/aromatic N) is 2. The summed E-state index contributed by atoms with van der Waals surface area (Å²) in [7, 11) is 0. The lowest BCUT2D eigenvalue weighted by atomic mass is 10.1. The molecule has 0 atom stereocenters. The van der Waals surface area contributed by atoms with E-state index in [0.717, 1.165) is 34.4 Å². The van der Waals surface area contributed by atoms with E-state index in [2.05, 4.69) is 9.88 Å².